The Hall–Kier alpha value is -2.36. The van der Waals surface area contributed by atoms with E-state index in [0.717, 1.165) is 21.2 Å². The maximum atomic E-state index is 13.4. The number of nitrogens with zero attached hydrogens (tertiary/aromatic N) is 2. The van der Waals surface area contributed by atoms with Crippen LogP contribution in [0.4, 0.5) is 0 Å². The molecule has 228 valence electrons. The van der Waals surface area contributed by atoms with Crippen molar-refractivity contribution in [3.05, 3.63) is 66.7 Å². The Morgan fingerprint density at radius 1 is 1.07 bits per heavy atom. The van der Waals surface area contributed by atoms with E-state index in [-0.39, 0.29) is 29.7 Å². The van der Waals surface area contributed by atoms with E-state index >= 15 is 0 Å². The molecule has 2 N–H and O–H groups in total. The van der Waals surface area contributed by atoms with Gasteiger partial charge in [0.25, 0.3) is 10.0 Å². The van der Waals surface area contributed by atoms with Crippen molar-refractivity contribution in [2.75, 3.05) is 46.9 Å². The monoisotopic (exact) mass is 635 g/mol. The molecule has 2 aromatic carbocycles. The molecule has 2 fully saturated rings. The van der Waals surface area contributed by atoms with E-state index in [1.54, 1.807) is 22.5 Å². The molecule has 1 spiro atoms. The van der Waals surface area contributed by atoms with Crippen molar-refractivity contribution in [3.8, 4) is 16.2 Å². The third-order valence-corrected chi connectivity index (χ3v) is 13.1. The third-order valence-electron chi connectivity index (χ3n) is 7.75. The normalized spacial score (nSPS) is 20.2. The lowest BCUT2D eigenvalue weighted by Gasteiger charge is -2.37. The molecule has 5 rings (SSSR count). The second-order valence-corrected chi connectivity index (χ2v) is 16.3. The van der Waals surface area contributed by atoms with Crippen molar-refractivity contribution in [3.63, 3.8) is 0 Å². The largest absolute Gasteiger partial charge is 0.491 e. The molecule has 0 saturated carbocycles. The predicted molar refractivity (Wildman–Crippen MR) is 162 cm³/mol. The Morgan fingerprint density at radius 3 is 2.52 bits per heavy atom. The molecule has 42 heavy (non-hydrogen) atoms. The van der Waals surface area contributed by atoms with Crippen LogP contribution in [0.2, 0.25) is 0 Å². The summed E-state index contributed by atoms with van der Waals surface area (Å²) in [6, 6.07) is 19.5. The molecule has 13 heteroatoms. The van der Waals surface area contributed by atoms with Crippen molar-refractivity contribution in [2.24, 2.45) is 0 Å². The molecule has 0 radical (unpaired) electrons. The Labute approximate surface area is 252 Å². The average Bonchev–Trinajstić information content (AvgIpc) is 3.64. The lowest BCUT2D eigenvalue weighted by Crippen LogP contribution is -2.47. The van der Waals surface area contributed by atoms with Gasteiger partial charge in [0.15, 0.2) is 0 Å². The molecule has 0 bridgehead atoms. The molecule has 3 heterocycles. The van der Waals surface area contributed by atoms with Gasteiger partial charge in [0, 0.05) is 50.7 Å². The number of sulfonamides is 2. The van der Waals surface area contributed by atoms with Gasteiger partial charge in [-0.05, 0) is 49.1 Å². The first kappa shape index (κ1) is 31.1. The summed E-state index contributed by atoms with van der Waals surface area (Å²) in [5, 5.41) is 13.8. The van der Waals surface area contributed by atoms with E-state index < -0.39 is 26.2 Å². The van der Waals surface area contributed by atoms with Gasteiger partial charge in [-0.25, -0.2) is 21.1 Å². The maximum Gasteiger partial charge on any atom is 0.252 e. The number of hydrogen-bond donors (Lipinski definition) is 2. The van der Waals surface area contributed by atoms with Crippen LogP contribution in [-0.4, -0.2) is 95.2 Å². The van der Waals surface area contributed by atoms with Crippen LogP contribution in [0.5, 0.6) is 5.75 Å². The smallest absolute Gasteiger partial charge is 0.252 e. The van der Waals surface area contributed by atoms with Gasteiger partial charge in [-0.3, -0.25) is 0 Å². The summed E-state index contributed by atoms with van der Waals surface area (Å²) in [5.41, 5.74) is 0.620. The fraction of sp³-hybridized carbons (Fsp3) is 0.448. The highest BCUT2D eigenvalue weighted by atomic mass is 32.2. The molecule has 0 aliphatic carbocycles. The lowest BCUT2D eigenvalue weighted by atomic mass is 9.88. The zero-order chi connectivity index (χ0) is 30.0. The molecular formula is C29H37N3O7S3. The van der Waals surface area contributed by atoms with Crippen LogP contribution in [0.3, 0.4) is 0 Å². The average molecular weight is 636 g/mol. The van der Waals surface area contributed by atoms with Crippen molar-refractivity contribution in [1.82, 2.24) is 13.9 Å². The molecule has 2 aliphatic heterocycles. The highest BCUT2D eigenvalue weighted by Gasteiger charge is 2.45. The molecule has 2 aliphatic rings. The zero-order valence-corrected chi connectivity index (χ0v) is 26.1. The molecule has 0 amide bonds. The first-order valence-corrected chi connectivity index (χ1v) is 17.5. The number of aliphatic hydroxyl groups excluding tert-OH is 1. The van der Waals surface area contributed by atoms with Gasteiger partial charge in [0.2, 0.25) is 10.0 Å². The predicted octanol–water partition coefficient (Wildman–Crippen LogP) is 3.01. The van der Waals surface area contributed by atoms with Gasteiger partial charge in [0.05, 0.1) is 17.1 Å². The Bertz CT molecular complexity index is 1570. The van der Waals surface area contributed by atoms with Crippen LogP contribution in [0, 0.1) is 0 Å². The summed E-state index contributed by atoms with van der Waals surface area (Å²) in [6.07, 6.45) is 1.14. The zero-order valence-electron chi connectivity index (χ0n) is 23.7. The maximum absolute atomic E-state index is 13.4. The lowest BCUT2D eigenvalue weighted by molar-refractivity contribution is -0.0311. The van der Waals surface area contributed by atoms with E-state index in [9.17, 15) is 21.9 Å². The summed E-state index contributed by atoms with van der Waals surface area (Å²) in [4.78, 5) is 1.05. The van der Waals surface area contributed by atoms with Gasteiger partial charge in [-0.1, -0.05) is 36.4 Å². The van der Waals surface area contributed by atoms with Crippen molar-refractivity contribution in [2.45, 2.75) is 46.1 Å². The van der Waals surface area contributed by atoms with Crippen LogP contribution in [-0.2, 0) is 24.8 Å². The number of nitrogens with one attached hydrogen (secondary N) is 1. The van der Waals surface area contributed by atoms with Crippen LogP contribution in [0.1, 0.15) is 19.3 Å². The first-order chi connectivity index (χ1) is 20.0. The van der Waals surface area contributed by atoms with Crippen molar-refractivity contribution < 1.29 is 31.4 Å². The summed E-state index contributed by atoms with van der Waals surface area (Å²) in [5.74, 6) is 0.362. The van der Waals surface area contributed by atoms with Crippen LogP contribution < -0.4 is 10.1 Å². The number of rotatable bonds is 11. The topological polar surface area (TPSA) is 125 Å². The number of hydrogen-bond acceptors (Lipinski definition) is 9. The first-order valence-electron chi connectivity index (χ1n) is 13.8. The fourth-order valence-electron chi connectivity index (χ4n) is 5.29. The highest BCUT2D eigenvalue weighted by Crippen LogP contribution is 2.39. The Balaban J connectivity index is 1.08. The molecule has 2 saturated heterocycles. The van der Waals surface area contributed by atoms with Gasteiger partial charge in [-0.15, -0.1) is 11.3 Å². The Kier molecular flexibility index (Phi) is 9.40. The minimum Gasteiger partial charge on any atom is -0.491 e. The van der Waals surface area contributed by atoms with Crippen LogP contribution >= 0.6 is 11.3 Å². The summed E-state index contributed by atoms with van der Waals surface area (Å²) < 4.78 is 66.3. The molecule has 10 nitrogen and oxygen atoms in total. The molecule has 1 unspecified atom stereocenters. The standard InChI is InChI=1S/C29H37N3O7S3/c1-31(2)41(34,35)26-10-6-9-25(17-26)38-21-24(33)19-30-23-18-29(39-20-23)13-15-32(16-14-29)42(36,37)28-12-11-27(40-28)22-7-4-3-5-8-22/h3-12,17,23-24,30,33H,13-16,18-21H2,1-2H3/t23?,24-/m0/s1. The SMILES string of the molecule is CN(C)S(=O)(=O)c1cccc(OC[C@@H](O)CNC2COC3(CCN(S(=O)(=O)c4ccc(-c5ccccc5)s4)CC3)C2)c1. The summed E-state index contributed by atoms with van der Waals surface area (Å²) >= 11 is 1.29. The van der Waals surface area contributed by atoms with E-state index in [0.29, 0.717) is 42.5 Å². The fourth-order valence-corrected chi connectivity index (χ4v) is 9.14. The van der Waals surface area contributed by atoms with E-state index in [1.165, 1.54) is 37.6 Å². The highest BCUT2D eigenvalue weighted by molar-refractivity contribution is 7.91. The number of ether oxygens (including phenoxy) is 2. The number of piperidine rings is 1. The molecule has 2 atom stereocenters. The quantitative estimate of drug-likeness (QED) is 0.330. The molecule has 3 aromatic rings. The van der Waals surface area contributed by atoms with E-state index in [1.807, 2.05) is 36.4 Å². The van der Waals surface area contributed by atoms with Crippen molar-refractivity contribution in [1.29, 1.82) is 0 Å². The number of aliphatic hydroxyl groups is 1. The Morgan fingerprint density at radius 2 is 1.81 bits per heavy atom. The van der Waals surface area contributed by atoms with E-state index in [4.69, 9.17) is 9.47 Å². The minimum absolute atomic E-state index is 0.00128. The number of benzene rings is 2. The second-order valence-electron chi connectivity index (χ2n) is 10.9. The van der Waals surface area contributed by atoms with E-state index in [2.05, 4.69) is 5.32 Å². The molecule has 1 aromatic heterocycles. The minimum atomic E-state index is -3.58. The van der Waals surface area contributed by atoms with Gasteiger partial charge in [-0.2, -0.15) is 4.31 Å². The van der Waals surface area contributed by atoms with Crippen molar-refractivity contribution >= 4 is 31.4 Å². The summed E-state index contributed by atoms with van der Waals surface area (Å²) in [7, 11) is -4.23. The molecular weight excluding hydrogens is 599 g/mol. The van der Waals surface area contributed by atoms with Crippen LogP contribution in [0.25, 0.3) is 10.4 Å². The van der Waals surface area contributed by atoms with Gasteiger partial charge < -0.3 is 19.9 Å². The third kappa shape index (κ3) is 6.89. The number of thiophene rings is 1. The van der Waals surface area contributed by atoms with Gasteiger partial charge >= 0.3 is 0 Å². The second kappa shape index (κ2) is 12.7. The van der Waals surface area contributed by atoms with Gasteiger partial charge in [0.1, 0.15) is 22.7 Å². The summed E-state index contributed by atoms with van der Waals surface area (Å²) in [6.45, 7) is 1.55. The van der Waals surface area contributed by atoms with Crippen LogP contribution in [0.15, 0.2) is 75.8 Å².